The fourth-order valence-electron chi connectivity index (χ4n) is 3.58. The number of alkyl halides is 3. The van der Waals surface area contributed by atoms with E-state index in [-0.39, 0.29) is 23.9 Å². The quantitative estimate of drug-likeness (QED) is 0.447. The Morgan fingerprint density at radius 2 is 1.92 bits per heavy atom. The first-order valence-electron chi connectivity index (χ1n) is 11.1. The molecule has 2 aromatic carbocycles. The van der Waals surface area contributed by atoms with E-state index < -0.39 is 24.3 Å². The van der Waals surface area contributed by atoms with Crippen molar-refractivity contribution in [3.8, 4) is 11.5 Å². The zero-order valence-corrected chi connectivity index (χ0v) is 19.7. The monoisotopic (exact) mass is 517 g/mol. The molecule has 10 nitrogen and oxygen atoms in total. The van der Waals surface area contributed by atoms with Gasteiger partial charge in [0.1, 0.15) is 17.5 Å². The van der Waals surface area contributed by atoms with Gasteiger partial charge in [0.15, 0.2) is 11.5 Å². The molecule has 13 heteroatoms. The zero-order chi connectivity index (χ0) is 26.6. The fraction of sp³-hybridized carbons (Fsp3) is 0.250. The van der Waals surface area contributed by atoms with Crippen LogP contribution >= 0.6 is 0 Å². The summed E-state index contributed by atoms with van der Waals surface area (Å²) in [5.74, 6) is -1.03. The summed E-state index contributed by atoms with van der Waals surface area (Å²) in [4.78, 5) is 24.7. The van der Waals surface area contributed by atoms with Crippen LogP contribution in [0.1, 0.15) is 35.0 Å². The number of amides is 2. The Morgan fingerprint density at radius 1 is 1.16 bits per heavy atom. The zero-order valence-electron chi connectivity index (χ0n) is 19.7. The first-order chi connectivity index (χ1) is 17.7. The number of hydrazone groups is 1. The van der Waals surface area contributed by atoms with Crippen molar-refractivity contribution in [2.75, 3.05) is 12.4 Å². The molecule has 194 valence electrons. The van der Waals surface area contributed by atoms with Gasteiger partial charge in [0.05, 0.1) is 13.7 Å². The molecule has 37 heavy (non-hydrogen) atoms. The molecule has 0 radical (unpaired) electrons. The standard InChI is InChI=1S/C24H22F3N5O5/c1-3-18-21(15-6-9-19(20(12-15)35-2)37-24(25,26)27)31-32(23(34)36-18)13-14-4-7-16(8-5-14)29-22(33)17-10-11-28-30-17/h4-12,18H,3,13H2,1-2H3,(H,28,30)(H,29,33). The molecule has 0 saturated carbocycles. The Kier molecular flexibility index (Phi) is 7.32. The lowest BCUT2D eigenvalue weighted by Gasteiger charge is -2.29. The molecule has 2 heterocycles. The molecule has 1 aliphatic heterocycles. The molecule has 0 spiro atoms. The second-order valence-corrected chi connectivity index (χ2v) is 7.85. The highest BCUT2D eigenvalue weighted by molar-refractivity contribution is 6.06. The van der Waals surface area contributed by atoms with Gasteiger partial charge in [-0.3, -0.25) is 9.89 Å². The van der Waals surface area contributed by atoms with Crippen molar-refractivity contribution >= 4 is 23.4 Å². The average molecular weight is 517 g/mol. The van der Waals surface area contributed by atoms with Gasteiger partial charge < -0.3 is 19.5 Å². The Hall–Kier alpha value is -4.55. The molecule has 0 saturated heterocycles. The number of nitrogens with one attached hydrogen (secondary N) is 2. The maximum atomic E-state index is 12.7. The van der Waals surface area contributed by atoms with E-state index in [0.29, 0.717) is 28.9 Å². The minimum atomic E-state index is -4.88. The van der Waals surface area contributed by atoms with Crippen LogP contribution in [0.3, 0.4) is 0 Å². The van der Waals surface area contributed by atoms with Crippen molar-refractivity contribution in [3.63, 3.8) is 0 Å². The lowest BCUT2D eigenvalue weighted by atomic mass is 10.0. The van der Waals surface area contributed by atoms with Gasteiger partial charge in [0.25, 0.3) is 5.91 Å². The molecular weight excluding hydrogens is 495 g/mol. The smallest absolute Gasteiger partial charge is 0.493 e. The normalized spacial score (nSPS) is 15.6. The van der Waals surface area contributed by atoms with Crippen LogP contribution in [0, 0.1) is 0 Å². The molecule has 1 aliphatic rings. The number of hydrogen-bond donors (Lipinski definition) is 2. The van der Waals surface area contributed by atoms with Crippen LogP contribution in [0.15, 0.2) is 59.8 Å². The largest absolute Gasteiger partial charge is 0.573 e. The maximum absolute atomic E-state index is 12.7. The highest BCUT2D eigenvalue weighted by Crippen LogP contribution is 2.34. The summed E-state index contributed by atoms with van der Waals surface area (Å²) in [5.41, 5.74) is 2.22. The number of carbonyl (C=O) groups is 2. The Morgan fingerprint density at radius 3 is 2.54 bits per heavy atom. The summed E-state index contributed by atoms with van der Waals surface area (Å²) in [6.45, 7) is 1.84. The summed E-state index contributed by atoms with van der Waals surface area (Å²) in [6, 6.07) is 12.1. The minimum Gasteiger partial charge on any atom is -0.493 e. The van der Waals surface area contributed by atoms with E-state index in [1.807, 2.05) is 0 Å². The number of nitrogens with zero attached hydrogens (tertiary/aromatic N) is 3. The molecule has 1 unspecified atom stereocenters. The second-order valence-electron chi connectivity index (χ2n) is 7.85. The lowest BCUT2D eigenvalue weighted by Crippen LogP contribution is -2.41. The van der Waals surface area contributed by atoms with E-state index in [9.17, 15) is 22.8 Å². The number of halogens is 3. The number of H-pyrrole nitrogens is 1. The molecule has 2 N–H and O–H groups in total. The molecule has 0 aliphatic carbocycles. The van der Waals surface area contributed by atoms with Crippen molar-refractivity contribution in [3.05, 3.63) is 71.5 Å². The van der Waals surface area contributed by atoms with Gasteiger partial charge in [-0.25, -0.2) is 4.79 Å². The predicted octanol–water partition coefficient (Wildman–Crippen LogP) is 4.70. The number of methoxy groups -OCH3 is 1. The molecule has 3 aromatic rings. The SMILES string of the molecule is CCC1OC(=O)N(Cc2ccc(NC(=O)c3cc[nH]n3)cc2)N=C1c1ccc(OC(F)(F)F)c(OC)c1. The number of ether oxygens (including phenoxy) is 3. The van der Waals surface area contributed by atoms with Crippen LogP contribution in [0.5, 0.6) is 11.5 Å². The van der Waals surface area contributed by atoms with Gasteiger partial charge in [-0.15, -0.1) is 13.2 Å². The Bertz CT molecular complexity index is 1290. The van der Waals surface area contributed by atoms with E-state index in [1.54, 1.807) is 31.2 Å². The highest BCUT2D eigenvalue weighted by Gasteiger charge is 2.34. The van der Waals surface area contributed by atoms with Crippen molar-refractivity contribution < 1.29 is 37.0 Å². The summed E-state index contributed by atoms with van der Waals surface area (Å²) in [5, 5.41) is 14.6. The third-order valence-corrected chi connectivity index (χ3v) is 5.32. The second kappa shape index (κ2) is 10.6. The van der Waals surface area contributed by atoms with E-state index in [4.69, 9.17) is 9.47 Å². The van der Waals surface area contributed by atoms with Crippen LogP contribution in [-0.4, -0.2) is 52.5 Å². The first kappa shape index (κ1) is 25.5. The number of aromatic amines is 1. The van der Waals surface area contributed by atoms with Gasteiger partial charge in [-0.05, 0) is 48.4 Å². The number of aromatic nitrogens is 2. The molecule has 4 rings (SSSR count). The molecule has 2 amide bonds. The van der Waals surface area contributed by atoms with Crippen LogP contribution in [0.4, 0.5) is 23.7 Å². The number of benzene rings is 2. The van der Waals surface area contributed by atoms with Crippen molar-refractivity contribution in [1.82, 2.24) is 15.2 Å². The Labute approximate surface area is 209 Å². The number of anilines is 1. The Balaban J connectivity index is 1.53. The lowest BCUT2D eigenvalue weighted by molar-refractivity contribution is -0.275. The van der Waals surface area contributed by atoms with Gasteiger partial charge in [-0.2, -0.15) is 15.2 Å². The number of carbonyl (C=O) groups excluding carboxylic acids is 2. The van der Waals surface area contributed by atoms with Crippen LogP contribution < -0.4 is 14.8 Å². The van der Waals surface area contributed by atoms with Gasteiger partial charge in [0, 0.05) is 17.4 Å². The highest BCUT2D eigenvalue weighted by atomic mass is 19.4. The van der Waals surface area contributed by atoms with Gasteiger partial charge in [-0.1, -0.05) is 19.1 Å². The molecule has 0 fully saturated rings. The van der Waals surface area contributed by atoms with E-state index in [2.05, 4.69) is 25.4 Å². The summed E-state index contributed by atoms with van der Waals surface area (Å²) < 4.78 is 52.7. The van der Waals surface area contributed by atoms with Crippen LogP contribution in [-0.2, 0) is 11.3 Å². The summed E-state index contributed by atoms with van der Waals surface area (Å²) >= 11 is 0. The first-order valence-corrected chi connectivity index (χ1v) is 11.1. The summed E-state index contributed by atoms with van der Waals surface area (Å²) in [7, 11) is 1.22. The molecule has 1 atom stereocenters. The van der Waals surface area contributed by atoms with Gasteiger partial charge in [0.2, 0.25) is 0 Å². The fourth-order valence-corrected chi connectivity index (χ4v) is 3.58. The number of rotatable bonds is 8. The third-order valence-electron chi connectivity index (χ3n) is 5.32. The minimum absolute atomic E-state index is 0.0543. The number of hydrogen-bond acceptors (Lipinski definition) is 7. The average Bonchev–Trinajstić information content (AvgIpc) is 3.41. The predicted molar refractivity (Wildman–Crippen MR) is 125 cm³/mol. The van der Waals surface area contributed by atoms with Crippen LogP contribution in [0.2, 0.25) is 0 Å². The van der Waals surface area contributed by atoms with Gasteiger partial charge >= 0.3 is 12.5 Å². The molecule has 1 aromatic heterocycles. The molecule has 0 bridgehead atoms. The van der Waals surface area contributed by atoms with E-state index in [1.165, 1.54) is 31.5 Å². The summed E-state index contributed by atoms with van der Waals surface area (Å²) in [6.07, 6.45) is -4.33. The van der Waals surface area contributed by atoms with E-state index in [0.717, 1.165) is 11.1 Å². The third kappa shape index (κ3) is 6.18. The maximum Gasteiger partial charge on any atom is 0.573 e. The van der Waals surface area contributed by atoms with Crippen molar-refractivity contribution in [2.24, 2.45) is 5.10 Å². The molecular formula is C24H22F3N5O5. The van der Waals surface area contributed by atoms with Crippen LogP contribution in [0.25, 0.3) is 0 Å². The van der Waals surface area contributed by atoms with E-state index >= 15 is 0 Å². The van der Waals surface area contributed by atoms with Crippen molar-refractivity contribution in [1.29, 1.82) is 0 Å². The van der Waals surface area contributed by atoms with Crippen molar-refractivity contribution in [2.45, 2.75) is 32.4 Å². The topological polar surface area (TPSA) is 118 Å². The number of cyclic esters (lactones) is 1.